The van der Waals surface area contributed by atoms with E-state index in [2.05, 4.69) is 0 Å². The van der Waals surface area contributed by atoms with E-state index in [1.165, 1.54) is 19.2 Å². The molecule has 0 saturated heterocycles. The Morgan fingerprint density at radius 3 is 2.16 bits per heavy atom. The minimum absolute atomic E-state index is 0.0881. The lowest BCUT2D eigenvalue weighted by molar-refractivity contribution is -0.645. The van der Waals surface area contributed by atoms with Gasteiger partial charge in [-0.3, -0.25) is 0 Å². The number of aromatic nitrogens is 1. The predicted molar refractivity (Wildman–Crippen MR) is 140 cm³/mol. The van der Waals surface area contributed by atoms with Crippen molar-refractivity contribution < 1.29 is 41.7 Å². The van der Waals surface area contributed by atoms with Gasteiger partial charge in [0.05, 0.1) is 38.6 Å². The van der Waals surface area contributed by atoms with Crippen LogP contribution in [0, 0.1) is 6.92 Å². The molecule has 0 spiro atoms. The van der Waals surface area contributed by atoms with Gasteiger partial charge in [0.15, 0.2) is 6.54 Å². The summed E-state index contributed by atoms with van der Waals surface area (Å²) in [6, 6.07) is 17.3. The highest BCUT2D eigenvalue weighted by atomic mass is 32.2. The van der Waals surface area contributed by atoms with Crippen LogP contribution in [0.3, 0.4) is 0 Å². The van der Waals surface area contributed by atoms with E-state index >= 15 is 0 Å². The largest absolute Gasteiger partial charge is 0.748 e. The lowest BCUT2D eigenvalue weighted by Crippen LogP contribution is -2.37. The van der Waals surface area contributed by atoms with Crippen LogP contribution in [-0.4, -0.2) is 49.5 Å². The van der Waals surface area contributed by atoms with Crippen LogP contribution in [0.25, 0.3) is 21.8 Å². The lowest BCUT2D eigenvalue weighted by Gasteiger charge is -2.16. The molecule has 4 aromatic rings. The van der Waals surface area contributed by atoms with Crippen molar-refractivity contribution in [2.45, 2.75) is 26.3 Å². The second-order valence-electron chi connectivity index (χ2n) is 8.90. The fraction of sp³-hybridized carbons (Fsp3) is 0.250. The van der Waals surface area contributed by atoms with Gasteiger partial charge in [-0.25, -0.2) is 18.0 Å². The standard InChI is InChI=1S/C28H27NO8S/c1-18-16-20(27(30)31)17-19(12-14-36-2)26(18)37-28(32)25-21-8-3-5-10-23(21)29(13-7-15-38(33,34)35)24-11-6-4-9-22(24)25/h3-6,8-11,16-17H,7,12-15H2,1-2H3,(H-,30,31,33,34,35). The van der Waals surface area contributed by atoms with Gasteiger partial charge >= 0.3 is 11.9 Å². The SMILES string of the molecule is COCCc1cc(C(=O)O)cc(C)c1OC(=O)c1c2ccccc2[n+](CCCS(=O)(=O)[O-])c2ccccc12. The number of carbonyl (C=O) groups is 2. The van der Waals surface area contributed by atoms with Gasteiger partial charge in [-0.1, -0.05) is 24.3 Å². The zero-order valence-corrected chi connectivity index (χ0v) is 21.8. The fourth-order valence-corrected chi connectivity index (χ4v) is 5.12. The minimum atomic E-state index is -4.36. The van der Waals surface area contributed by atoms with Gasteiger partial charge in [0.2, 0.25) is 11.0 Å². The quantitative estimate of drug-likeness (QED) is 0.107. The summed E-state index contributed by atoms with van der Waals surface area (Å²) in [5.41, 5.74) is 2.81. The zero-order valence-electron chi connectivity index (χ0n) is 21.0. The van der Waals surface area contributed by atoms with E-state index in [9.17, 15) is 27.7 Å². The molecule has 0 aliphatic rings. The summed E-state index contributed by atoms with van der Waals surface area (Å²) in [5.74, 6) is -1.92. The number of methoxy groups -OCH3 is 1. The Labute approximate surface area is 220 Å². The van der Waals surface area contributed by atoms with E-state index in [1.807, 2.05) is 28.8 Å². The number of para-hydroxylation sites is 2. The number of hydrogen-bond acceptors (Lipinski definition) is 7. The number of esters is 1. The summed E-state index contributed by atoms with van der Waals surface area (Å²) >= 11 is 0. The van der Waals surface area contributed by atoms with Gasteiger partial charge in [-0.05, 0) is 48.7 Å². The molecule has 0 unspecified atom stereocenters. The van der Waals surface area contributed by atoms with Gasteiger partial charge in [-0.15, -0.1) is 0 Å². The molecule has 0 fully saturated rings. The zero-order chi connectivity index (χ0) is 27.4. The highest BCUT2D eigenvalue weighted by Gasteiger charge is 2.26. The van der Waals surface area contributed by atoms with Crippen LogP contribution in [0.4, 0.5) is 0 Å². The van der Waals surface area contributed by atoms with Crippen LogP contribution in [0.15, 0.2) is 60.7 Å². The fourth-order valence-electron chi connectivity index (χ4n) is 4.63. The van der Waals surface area contributed by atoms with Gasteiger partial charge in [0.1, 0.15) is 5.75 Å². The molecule has 0 amide bonds. The van der Waals surface area contributed by atoms with Gasteiger partial charge in [0.25, 0.3) is 0 Å². The van der Waals surface area contributed by atoms with Gasteiger partial charge in [-0.2, -0.15) is 4.57 Å². The summed E-state index contributed by atoms with van der Waals surface area (Å²) in [4.78, 5) is 25.4. The topological polar surface area (TPSA) is 134 Å². The first kappa shape index (κ1) is 27.2. The summed E-state index contributed by atoms with van der Waals surface area (Å²) < 4.78 is 46.6. The first-order valence-electron chi connectivity index (χ1n) is 12.0. The molecular weight excluding hydrogens is 510 g/mol. The van der Waals surface area contributed by atoms with Crippen molar-refractivity contribution in [2.24, 2.45) is 0 Å². The molecule has 4 rings (SSSR count). The smallest absolute Gasteiger partial charge is 0.345 e. The van der Waals surface area contributed by atoms with Crippen molar-refractivity contribution in [3.05, 3.63) is 82.9 Å². The Balaban J connectivity index is 1.85. The maximum Gasteiger partial charge on any atom is 0.345 e. The second kappa shape index (κ2) is 11.3. The summed E-state index contributed by atoms with van der Waals surface area (Å²) in [6.07, 6.45) is 0.465. The highest BCUT2D eigenvalue weighted by molar-refractivity contribution is 7.85. The molecule has 10 heteroatoms. The average molecular weight is 538 g/mol. The Hall–Kier alpha value is -3.86. The molecular formula is C28H27NO8S. The van der Waals surface area contributed by atoms with Gasteiger partial charge < -0.3 is 19.1 Å². The Morgan fingerprint density at radius 2 is 1.61 bits per heavy atom. The number of rotatable bonds is 10. The van der Waals surface area contributed by atoms with Crippen molar-refractivity contribution in [3.63, 3.8) is 0 Å². The molecule has 9 nitrogen and oxygen atoms in total. The Bertz CT molecular complexity index is 1590. The third-order valence-corrected chi connectivity index (χ3v) is 7.07. The molecule has 0 radical (unpaired) electrons. The molecule has 3 aromatic carbocycles. The molecule has 0 atom stereocenters. The molecule has 1 heterocycles. The van der Waals surface area contributed by atoms with E-state index in [0.717, 1.165) is 0 Å². The number of nitrogens with zero attached hydrogens (tertiary/aromatic N) is 1. The first-order chi connectivity index (χ1) is 18.1. The van der Waals surface area contributed by atoms with Crippen LogP contribution in [0.1, 0.15) is 38.3 Å². The van der Waals surface area contributed by atoms with Crippen molar-refractivity contribution in [1.82, 2.24) is 0 Å². The van der Waals surface area contributed by atoms with Crippen LogP contribution in [0.2, 0.25) is 0 Å². The molecule has 198 valence electrons. The number of hydrogen-bond donors (Lipinski definition) is 1. The van der Waals surface area contributed by atoms with Crippen LogP contribution in [0.5, 0.6) is 5.75 Å². The minimum Gasteiger partial charge on any atom is -0.748 e. The third-order valence-electron chi connectivity index (χ3n) is 6.28. The Morgan fingerprint density at radius 1 is 1.00 bits per heavy atom. The number of carboxylic acids is 1. The number of aromatic carboxylic acids is 1. The monoisotopic (exact) mass is 537 g/mol. The van der Waals surface area contributed by atoms with Crippen LogP contribution < -0.4 is 9.30 Å². The van der Waals surface area contributed by atoms with E-state index in [-0.39, 0.29) is 24.3 Å². The van der Waals surface area contributed by atoms with Crippen LogP contribution in [-0.2, 0) is 27.8 Å². The molecule has 0 aliphatic carbocycles. The van der Waals surface area contributed by atoms with E-state index in [0.29, 0.717) is 51.5 Å². The van der Waals surface area contributed by atoms with E-state index in [4.69, 9.17) is 9.47 Å². The average Bonchev–Trinajstić information content (AvgIpc) is 2.87. The maximum atomic E-state index is 13.8. The van der Waals surface area contributed by atoms with Crippen molar-refractivity contribution >= 4 is 43.9 Å². The molecule has 0 saturated carbocycles. The van der Waals surface area contributed by atoms with Crippen LogP contribution >= 0.6 is 0 Å². The first-order valence-corrected chi connectivity index (χ1v) is 13.5. The summed E-state index contributed by atoms with van der Waals surface area (Å²) in [7, 11) is -2.83. The predicted octanol–water partition coefficient (Wildman–Crippen LogP) is 3.63. The number of benzene rings is 3. The number of fused-ring (bicyclic) bond motifs is 2. The summed E-state index contributed by atoms with van der Waals surface area (Å²) in [6.45, 7) is 2.25. The van der Waals surface area contributed by atoms with E-state index in [1.54, 1.807) is 31.2 Å². The number of ether oxygens (including phenoxy) is 2. The molecule has 0 aliphatic heterocycles. The normalized spacial score (nSPS) is 11.7. The van der Waals surface area contributed by atoms with Crippen molar-refractivity contribution in [3.8, 4) is 5.75 Å². The molecule has 1 aromatic heterocycles. The molecule has 0 bridgehead atoms. The molecule has 1 N–H and O–H groups in total. The van der Waals surface area contributed by atoms with E-state index < -0.39 is 27.8 Å². The second-order valence-corrected chi connectivity index (χ2v) is 10.4. The highest BCUT2D eigenvalue weighted by Crippen LogP contribution is 2.31. The lowest BCUT2D eigenvalue weighted by atomic mass is 10.0. The molecule has 38 heavy (non-hydrogen) atoms. The van der Waals surface area contributed by atoms with Crippen molar-refractivity contribution in [2.75, 3.05) is 19.5 Å². The maximum absolute atomic E-state index is 13.8. The summed E-state index contributed by atoms with van der Waals surface area (Å²) in [5, 5.41) is 10.7. The Kier molecular flexibility index (Phi) is 8.05. The number of aryl methyl sites for hydroxylation is 2. The number of pyridine rings is 1. The number of carbonyl (C=O) groups excluding carboxylic acids is 1. The van der Waals surface area contributed by atoms with Crippen molar-refractivity contribution in [1.29, 1.82) is 0 Å². The number of carboxylic acid groups (broad SMARTS) is 1. The van der Waals surface area contributed by atoms with Gasteiger partial charge in [0, 0.05) is 31.4 Å². The third kappa shape index (κ3) is 5.83.